The van der Waals surface area contributed by atoms with Gasteiger partial charge in [0.05, 0.1) is 12.7 Å². The second kappa shape index (κ2) is 6.17. The maximum Gasteiger partial charge on any atom is 0.125 e. The fourth-order valence-electron chi connectivity index (χ4n) is 1.87. The Hall–Kier alpha value is -1.87. The predicted molar refractivity (Wildman–Crippen MR) is 70.5 cm³/mol. The van der Waals surface area contributed by atoms with Gasteiger partial charge in [-0.1, -0.05) is 24.3 Å². The smallest absolute Gasteiger partial charge is 0.125 e. The normalized spacial score (nSPS) is 12.1. The van der Waals surface area contributed by atoms with Crippen LogP contribution in [-0.4, -0.2) is 16.7 Å². The fraction of sp³-hybridized carbons (Fsp3) is 0.267. The zero-order valence-electron chi connectivity index (χ0n) is 10.4. The van der Waals surface area contributed by atoms with Crippen LogP contribution >= 0.6 is 0 Å². The molecule has 0 spiro atoms. The highest BCUT2D eigenvalue weighted by atomic mass is 16.5. The summed E-state index contributed by atoms with van der Waals surface area (Å²) >= 11 is 0. The highest BCUT2D eigenvalue weighted by Crippen LogP contribution is 2.27. The molecule has 2 aromatic rings. The average Bonchev–Trinajstić information content (AvgIpc) is 2.41. The van der Waals surface area contributed by atoms with Crippen molar-refractivity contribution in [2.24, 2.45) is 0 Å². The van der Waals surface area contributed by atoms with Gasteiger partial charge in [0.15, 0.2) is 0 Å². The number of hydrogen-bond donors (Lipinski definition) is 1. The Labute approximate surface area is 107 Å². The molecular formula is C15H17NO2. The summed E-state index contributed by atoms with van der Waals surface area (Å²) in [6.45, 7) is 2.52. The van der Waals surface area contributed by atoms with Gasteiger partial charge in [-0.25, -0.2) is 0 Å². The van der Waals surface area contributed by atoms with Crippen LogP contribution in [0, 0.1) is 0 Å². The molecular weight excluding hydrogens is 226 g/mol. The summed E-state index contributed by atoms with van der Waals surface area (Å²) in [7, 11) is 0. The summed E-state index contributed by atoms with van der Waals surface area (Å²) < 4.78 is 5.52. The maximum absolute atomic E-state index is 10.3. The largest absolute Gasteiger partial charge is 0.493 e. The third kappa shape index (κ3) is 3.08. The maximum atomic E-state index is 10.3. The van der Waals surface area contributed by atoms with E-state index in [1.807, 2.05) is 49.4 Å². The lowest BCUT2D eigenvalue weighted by Gasteiger charge is -2.15. The fourth-order valence-corrected chi connectivity index (χ4v) is 1.87. The molecule has 94 valence electrons. The van der Waals surface area contributed by atoms with E-state index in [1.54, 1.807) is 6.20 Å². The van der Waals surface area contributed by atoms with Crippen LogP contribution in [0.25, 0.3) is 0 Å². The monoisotopic (exact) mass is 243 g/mol. The highest BCUT2D eigenvalue weighted by molar-refractivity contribution is 5.35. The molecule has 1 unspecified atom stereocenters. The Balaban J connectivity index is 2.16. The first-order chi connectivity index (χ1) is 8.81. The Morgan fingerprint density at radius 3 is 2.67 bits per heavy atom. The Bertz CT molecular complexity index is 485. The molecule has 0 aliphatic heterocycles. The van der Waals surface area contributed by atoms with Gasteiger partial charge in [0.25, 0.3) is 0 Å². The molecule has 0 aliphatic carbocycles. The summed E-state index contributed by atoms with van der Waals surface area (Å²) in [4.78, 5) is 4.22. The van der Waals surface area contributed by atoms with E-state index in [-0.39, 0.29) is 0 Å². The van der Waals surface area contributed by atoms with Gasteiger partial charge in [-0.15, -0.1) is 0 Å². The molecule has 3 nitrogen and oxygen atoms in total. The first-order valence-corrected chi connectivity index (χ1v) is 6.11. The van der Waals surface area contributed by atoms with Gasteiger partial charge in [0, 0.05) is 23.9 Å². The van der Waals surface area contributed by atoms with Crippen molar-refractivity contribution in [2.45, 2.75) is 19.4 Å². The van der Waals surface area contributed by atoms with E-state index < -0.39 is 6.10 Å². The first kappa shape index (κ1) is 12.6. The first-order valence-electron chi connectivity index (χ1n) is 6.11. The lowest BCUT2D eigenvalue weighted by molar-refractivity contribution is 0.171. The summed E-state index contributed by atoms with van der Waals surface area (Å²) in [5.74, 6) is 0.739. The number of aliphatic hydroxyl groups is 1. The van der Waals surface area contributed by atoms with Crippen molar-refractivity contribution >= 4 is 0 Å². The van der Waals surface area contributed by atoms with E-state index in [0.717, 1.165) is 17.0 Å². The third-order valence-electron chi connectivity index (χ3n) is 2.71. The SMILES string of the molecule is CCOc1ccccc1C(O)Cc1ccccn1. The van der Waals surface area contributed by atoms with Gasteiger partial charge in [0.1, 0.15) is 5.75 Å². The van der Waals surface area contributed by atoms with Crippen molar-refractivity contribution < 1.29 is 9.84 Å². The van der Waals surface area contributed by atoms with E-state index >= 15 is 0 Å². The van der Waals surface area contributed by atoms with Gasteiger partial charge in [-0.05, 0) is 25.1 Å². The van der Waals surface area contributed by atoms with Gasteiger partial charge in [0.2, 0.25) is 0 Å². The zero-order valence-corrected chi connectivity index (χ0v) is 10.4. The minimum Gasteiger partial charge on any atom is -0.493 e. The molecule has 0 bridgehead atoms. The highest BCUT2D eigenvalue weighted by Gasteiger charge is 2.13. The van der Waals surface area contributed by atoms with Crippen molar-refractivity contribution in [1.29, 1.82) is 0 Å². The van der Waals surface area contributed by atoms with E-state index in [0.29, 0.717) is 13.0 Å². The van der Waals surface area contributed by atoms with E-state index in [2.05, 4.69) is 4.98 Å². The summed E-state index contributed by atoms with van der Waals surface area (Å²) in [5.41, 5.74) is 1.68. The van der Waals surface area contributed by atoms with Gasteiger partial charge < -0.3 is 9.84 Å². The van der Waals surface area contributed by atoms with Crippen molar-refractivity contribution in [3.63, 3.8) is 0 Å². The van der Waals surface area contributed by atoms with Crippen LogP contribution in [0.15, 0.2) is 48.7 Å². The molecule has 0 aliphatic rings. The molecule has 3 heteroatoms. The molecule has 1 atom stereocenters. The van der Waals surface area contributed by atoms with E-state index in [9.17, 15) is 5.11 Å². The van der Waals surface area contributed by atoms with Crippen LogP contribution < -0.4 is 4.74 Å². The molecule has 0 radical (unpaired) electrons. The summed E-state index contributed by atoms with van der Waals surface area (Å²) in [6.07, 6.45) is 1.63. The molecule has 0 fully saturated rings. The quantitative estimate of drug-likeness (QED) is 0.878. The number of hydrogen-bond acceptors (Lipinski definition) is 3. The average molecular weight is 243 g/mol. The second-order valence-corrected chi connectivity index (χ2v) is 4.01. The molecule has 1 heterocycles. The number of nitrogens with zero attached hydrogens (tertiary/aromatic N) is 1. The molecule has 0 saturated carbocycles. The molecule has 2 rings (SSSR count). The third-order valence-corrected chi connectivity index (χ3v) is 2.71. The lowest BCUT2D eigenvalue weighted by atomic mass is 10.0. The van der Waals surface area contributed by atoms with Crippen LogP contribution in [0.5, 0.6) is 5.75 Å². The number of pyridine rings is 1. The second-order valence-electron chi connectivity index (χ2n) is 4.01. The number of ether oxygens (including phenoxy) is 1. The lowest BCUT2D eigenvalue weighted by Crippen LogP contribution is -2.06. The number of rotatable bonds is 5. The van der Waals surface area contributed by atoms with Crippen molar-refractivity contribution in [3.8, 4) is 5.75 Å². The predicted octanol–water partition coefficient (Wildman–Crippen LogP) is 2.76. The number of aromatic nitrogens is 1. The summed E-state index contributed by atoms with van der Waals surface area (Å²) in [6, 6.07) is 13.3. The van der Waals surface area contributed by atoms with Crippen LogP contribution in [-0.2, 0) is 6.42 Å². The topological polar surface area (TPSA) is 42.4 Å². The van der Waals surface area contributed by atoms with Crippen LogP contribution in [0.1, 0.15) is 24.3 Å². The number of para-hydroxylation sites is 1. The molecule has 0 amide bonds. The molecule has 0 saturated heterocycles. The van der Waals surface area contributed by atoms with Crippen molar-refractivity contribution in [1.82, 2.24) is 4.98 Å². The summed E-state index contributed by atoms with van der Waals surface area (Å²) in [5, 5.41) is 10.3. The van der Waals surface area contributed by atoms with Crippen molar-refractivity contribution in [2.75, 3.05) is 6.61 Å². The zero-order chi connectivity index (χ0) is 12.8. The van der Waals surface area contributed by atoms with E-state index in [4.69, 9.17) is 4.74 Å². The Kier molecular flexibility index (Phi) is 4.31. The van der Waals surface area contributed by atoms with Crippen LogP contribution in [0.3, 0.4) is 0 Å². The van der Waals surface area contributed by atoms with Gasteiger partial charge >= 0.3 is 0 Å². The molecule has 18 heavy (non-hydrogen) atoms. The molecule has 1 aromatic carbocycles. The van der Waals surface area contributed by atoms with Gasteiger partial charge in [-0.2, -0.15) is 0 Å². The minimum atomic E-state index is -0.595. The number of benzene rings is 1. The Morgan fingerprint density at radius 1 is 1.17 bits per heavy atom. The molecule has 1 aromatic heterocycles. The van der Waals surface area contributed by atoms with Crippen LogP contribution in [0.2, 0.25) is 0 Å². The number of aliphatic hydroxyl groups excluding tert-OH is 1. The molecule has 1 N–H and O–H groups in total. The van der Waals surface area contributed by atoms with Crippen molar-refractivity contribution in [3.05, 3.63) is 59.9 Å². The van der Waals surface area contributed by atoms with E-state index in [1.165, 1.54) is 0 Å². The Morgan fingerprint density at radius 2 is 1.94 bits per heavy atom. The van der Waals surface area contributed by atoms with Crippen LogP contribution in [0.4, 0.5) is 0 Å². The standard InChI is InChI=1S/C15H17NO2/c1-2-18-15-9-4-3-8-13(15)14(17)11-12-7-5-6-10-16-12/h3-10,14,17H,2,11H2,1H3. The van der Waals surface area contributed by atoms with Gasteiger partial charge in [-0.3, -0.25) is 4.98 Å². The minimum absolute atomic E-state index is 0.491.